The summed E-state index contributed by atoms with van der Waals surface area (Å²) in [5.74, 6) is 0.157. The average Bonchev–Trinajstić information content (AvgIpc) is 2.40. The summed E-state index contributed by atoms with van der Waals surface area (Å²) in [6.45, 7) is 5.12. The van der Waals surface area contributed by atoms with Crippen molar-refractivity contribution >= 4 is 11.6 Å². The number of aliphatic hydroxyl groups excluding tert-OH is 1. The first-order chi connectivity index (χ1) is 8.66. The lowest BCUT2D eigenvalue weighted by atomic mass is 9.94. The standard InChI is InChI=1S/C15H22ClNO/c1-12(13-5-7-14(16)8-6-13)15(18)11-17-9-3-2-4-10-17/h5-8,12,15,18H,2-4,9-11H2,1H3. The highest BCUT2D eigenvalue weighted by Crippen LogP contribution is 2.22. The van der Waals surface area contributed by atoms with Gasteiger partial charge in [0.05, 0.1) is 6.10 Å². The highest BCUT2D eigenvalue weighted by Gasteiger charge is 2.20. The molecule has 1 fully saturated rings. The van der Waals surface area contributed by atoms with Crippen molar-refractivity contribution in [1.82, 2.24) is 4.90 Å². The molecule has 1 N–H and O–H groups in total. The van der Waals surface area contributed by atoms with Gasteiger partial charge >= 0.3 is 0 Å². The number of β-amino-alcohol motifs (C(OH)–C–C–N with tert-alkyl or cyclic N) is 1. The fourth-order valence-corrected chi connectivity index (χ4v) is 2.68. The second-order valence-electron chi connectivity index (χ2n) is 5.27. The van der Waals surface area contributed by atoms with E-state index in [1.807, 2.05) is 24.3 Å². The Morgan fingerprint density at radius 1 is 1.17 bits per heavy atom. The highest BCUT2D eigenvalue weighted by atomic mass is 35.5. The maximum atomic E-state index is 10.3. The molecule has 2 rings (SSSR count). The molecule has 0 spiro atoms. The summed E-state index contributed by atoms with van der Waals surface area (Å²) >= 11 is 5.88. The Bertz CT molecular complexity index is 359. The van der Waals surface area contributed by atoms with Gasteiger partial charge in [-0.2, -0.15) is 0 Å². The molecule has 1 aliphatic rings. The topological polar surface area (TPSA) is 23.5 Å². The lowest BCUT2D eigenvalue weighted by Gasteiger charge is -2.30. The van der Waals surface area contributed by atoms with Crippen molar-refractivity contribution in [2.45, 2.75) is 38.2 Å². The van der Waals surface area contributed by atoms with Crippen LogP contribution in [0.15, 0.2) is 24.3 Å². The summed E-state index contributed by atoms with van der Waals surface area (Å²) in [7, 11) is 0. The molecule has 2 unspecified atom stereocenters. The molecule has 0 bridgehead atoms. The monoisotopic (exact) mass is 267 g/mol. The van der Waals surface area contributed by atoms with Gasteiger partial charge in [-0.15, -0.1) is 0 Å². The summed E-state index contributed by atoms with van der Waals surface area (Å²) in [5.41, 5.74) is 1.16. The zero-order valence-corrected chi connectivity index (χ0v) is 11.7. The molecule has 0 aliphatic carbocycles. The van der Waals surface area contributed by atoms with Crippen molar-refractivity contribution in [1.29, 1.82) is 0 Å². The number of benzene rings is 1. The minimum atomic E-state index is -0.302. The van der Waals surface area contributed by atoms with Gasteiger partial charge < -0.3 is 10.0 Å². The first-order valence-electron chi connectivity index (χ1n) is 6.82. The van der Waals surface area contributed by atoms with Crippen LogP contribution in [0.2, 0.25) is 5.02 Å². The van der Waals surface area contributed by atoms with Gasteiger partial charge in [0.1, 0.15) is 0 Å². The van der Waals surface area contributed by atoms with Gasteiger partial charge in [0, 0.05) is 17.5 Å². The SMILES string of the molecule is CC(c1ccc(Cl)cc1)C(O)CN1CCCCC1. The Morgan fingerprint density at radius 3 is 2.39 bits per heavy atom. The van der Waals surface area contributed by atoms with Gasteiger partial charge in [-0.1, -0.05) is 37.1 Å². The van der Waals surface area contributed by atoms with Crippen molar-refractivity contribution in [3.05, 3.63) is 34.9 Å². The van der Waals surface area contributed by atoms with Gasteiger partial charge in [0.15, 0.2) is 0 Å². The first kappa shape index (κ1) is 13.9. The summed E-state index contributed by atoms with van der Waals surface area (Å²) in [6.07, 6.45) is 3.56. The van der Waals surface area contributed by atoms with E-state index in [4.69, 9.17) is 11.6 Å². The lowest BCUT2D eigenvalue weighted by Crippen LogP contribution is -2.38. The average molecular weight is 268 g/mol. The Morgan fingerprint density at radius 2 is 1.78 bits per heavy atom. The second kappa shape index (κ2) is 6.55. The van der Waals surface area contributed by atoms with Crippen LogP contribution in [0, 0.1) is 0 Å². The summed E-state index contributed by atoms with van der Waals surface area (Å²) in [5, 5.41) is 11.1. The number of piperidine rings is 1. The van der Waals surface area contributed by atoms with Crippen LogP contribution in [0.25, 0.3) is 0 Å². The predicted molar refractivity (Wildman–Crippen MR) is 76.2 cm³/mol. The molecule has 1 aromatic rings. The molecule has 100 valence electrons. The Hall–Kier alpha value is -0.570. The fraction of sp³-hybridized carbons (Fsp3) is 0.600. The summed E-state index contributed by atoms with van der Waals surface area (Å²) < 4.78 is 0. The number of hydrogen-bond acceptors (Lipinski definition) is 2. The van der Waals surface area contributed by atoms with Crippen LogP contribution in [-0.4, -0.2) is 35.7 Å². The molecule has 1 aromatic carbocycles. The molecule has 0 aromatic heterocycles. The molecule has 2 nitrogen and oxygen atoms in total. The van der Waals surface area contributed by atoms with Crippen molar-refractivity contribution < 1.29 is 5.11 Å². The Kier molecular flexibility index (Phi) is 5.04. The molecule has 0 saturated carbocycles. The zero-order chi connectivity index (χ0) is 13.0. The summed E-state index contributed by atoms with van der Waals surface area (Å²) in [4.78, 5) is 2.38. The minimum absolute atomic E-state index is 0.157. The van der Waals surface area contributed by atoms with Crippen molar-refractivity contribution in [3.63, 3.8) is 0 Å². The van der Waals surface area contributed by atoms with E-state index in [2.05, 4.69) is 11.8 Å². The number of aliphatic hydroxyl groups is 1. The van der Waals surface area contributed by atoms with Crippen LogP contribution in [0.1, 0.15) is 37.7 Å². The quantitative estimate of drug-likeness (QED) is 0.905. The van der Waals surface area contributed by atoms with Crippen LogP contribution in [0.3, 0.4) is 0 Å². The third-order valence-electron chi connectivity index (χ3n) is 3.87. The van der Waals surface area contributed by atoms with Crippen molar-refractivity contribution in [3.8, 4) is 0 Å². The molecule has 2 atom stereocenters. The number of nitrogens with zero attached hydrogens (tertiary/aromatic N) is 1. The van der Waals surface area contributed by atoms with Crippen molar-refractivity contribution in [2.75, 3.05) is 19.6 Å². The maximum Gasteiger partial charge on any atom is 0.0732 e. The van der Waals surface area contributed by atoms with E-state index in [0.29, 0.717) is 0 Å². The van der Waals surface area contributed by atoms with Gasteiger partial charge in [0.2, 0.25) is 0 Å². The lowest BCUT2D eigenvalue weighted by molar-refractivity contribution is 0.0847. The molecule has 18 heavy (non-hydrogen) atoms. The highest BCUT2D eigenvalue weighted by molar-refractivity contribution is 6.30. The smallest absolute Gasteiger partial charge is 0.0732 e. The fourth-order valence-electron chi connectivity index (χ4n) is 2.55. The molecule has 1 heterocycles. The van der Waals surface area contributed by atoms with E-state index >= 15 is 0 Å². The molecular weight excluding hydrogens is 246 g/mol. The maximum absolute atomic E-state index is 10.3. The molecule has 3 heteroatoms. The first-order valence-corrected chi connectivity index (χ1v) is 7.20. The normalized spacial score (nSPS) is 20.6. The van der Waals surface area contributed by atoms with E-state index in [9.17, 15) is 5.11 Å². The molecule has 0 radical (unpaired) electrons. The number of likely N-dealkylation sites (tertiary alicyclic amines) is 1. The van der Waals surface area contributed by atoms with E-state index in [1.165, 1.54) is 19.3 Å². The van der Waals surface area contributed by atoms with E-state index < -0.39 is 0 Å². The van der Waals surface area contributed by atoms with Crippen LogP contribution in [0.5, 0.6) is 0 Å². The van der Waals surface area contributed by atoms with Gasteiger partial charge in [-0.05, 0) is 43.6 Å². The largest absolute Gasteiger partial charge is 0.391 e. The third kappa shape index (κ3) is 3.71. The van der Waals surface area contributed by atoms with Gasteiger partial charge in [-0.25, -0.2) is 0 Å². The van der Waals surface area contributed by atoms with E-state index in [0.717, 1.165) is 30.2 Å². The Balaban J connectivity index is 1.91. The van der Waals surface area contributed by atoms with Crippen LogP contribution in [-0.2, 0) is 0 Å². The van der Waals surface area contributed by atoms with Crippen LogP contribution < -0.4 is 0 Å². The van der Waals surface area contributed by atoms with Gasteiger partial charge in [-0.3, -0.25) is 0 Å². The van der Waals surface area contributed by atoms with E-state index in [-0.39, 0.29) is 12.0 Å². The molecule has 1 aliphatic heterocycles. The predicted octanol–water partition coefficient (Wildman–Crippen LogP) is 3.29. The number of hydrogen-bond donors (Lipinski definition) is 1. The van der Waals surface area contributed by atoms with Crippen molar-refractivity contribution in [2.24, 2.45) is 0 Å². The minimum Gasteiger partial charge on any atom is -0.391 e. The Labute approximate surface area is 115 Å². The van der Waals surface area contributed by atoms with Gasteiger partial charge in [0.25, 0.3) is 0 Å². The molecule has 1 saturated heterocycles. The summed E-state index contributed by atoms with van der Waals surface area (Å²) in [6, 6.07) is 7.79. The molecule has 0 amide bonds. The third-order valence-corrected chi connectivity index (χ3v) is 4.12. The zero-order valence-electron chi connectivity index (χ0n) is 11.0. The second-order valence-corrected chi connectivity index (χ2v) is 5.71. The molecular formula is C15H22ClNO. The number of halogens is 1. The van der Waals surface area contributed by atoms with Crippen LogP contribution >= 0.6 is 11.6 Å². The number of rotatable bonds is 4. The van der Waals surface area contributed by atoms with Crippen LogP contribution in [0.4, 0.5) is 0 Å². The van der Waals surface area contributed by atoms with E-state index in [1.54, 1.807) is 0 Å².